The lowest BCUT2D eigenvalue weighted by molar-refractivity contribution is 1.30. The Hall–Kier alpha value is -6.70. The largest absolute Gasteiger partial charge is 0.310 e. The van der Waals surface area contributed by atoms with E-state index < -0.39 is 12.1 Å². The van der Waals surface area contributed by atoms with Gasteiger partial charge in [-0.05, 0) is 90.9 Å². The summed E-state index contributed by atoms with van der Waals surface area (Å²) in [5, 5.41) is 3.10. The zero-order valence-corrected chi connectivity index (χ0v) is 27.5. The SMILES string of the molecule is [2H]c1c([2H])c(N(c2c([2H])c([2H])c(-c3c(-c4ccccc4)ccc4ccccc34)c([2H])c2[2H])c2cccc3ccccc23)c([2H])c([2H])c1-c1ccc(-c2ccccc2)cc1. The van der Waals surface area contributed by atoms with Crippen molar-refractivity contribution in [3.05, 3.63) is 212 Å². The molecule has 0 spiro atoms. The molecule has 240 valence electrons. The molecule has 0 saturated heterocycles. The van der Waals surface area contributed by atoms with E-state index in [9.17, 15) is 11.0 Å². The van der Waals surface area contributed by atoms with E-state index in [1.807, 2.05) is 140 Å². The molecule has 0 N–H and O–H groups in total. The minimum Gasteiger partial charge on any atom is -0.310 e. The molecular weight excluding hydrogens is 615 g/mol. The summed E-state index contributed by atoms with van der Waals surface area (Å²) in [4.78, 5) is 1.39. The molecule has 0 aliphatic heterocycles. The second kappa shape index (κ2) is 13.3. The molecule has 1 heteroatoms. The van der Waals surface area contributed by atoms with Crippen molar-refractivity contribution in [2.45, 2.75) is 0 Å². The molecule has 0 aromatic heterocycles. The summed E-state index contributed by atoms with van der Waals surface area (Å²) >= 11 is 0. The van der Waals surface area contributed by atoms with Crippen LogP contribution in [0.15, 0.2) is 212 Å². The Labute approximate surface area is 310 Å². The molecule has 51 heavy (non-hydrogen) atoms. The first-order valence-corrected chi connectivity index (χ1v) is 16.9. The minimum atomic E-state index is -0.390. The molecule has 0 aliphatic carbocycles. The summed E-state index contributed by atoms with van der Waals surface area (Å²) in [6, 6.07) is 48.5. The summed E-state index contributed by atoms with van der Waals surface area (Å²) in [5.41, 5.74) is 4.83. The third-order valence-electron chi connectivity index (χ3n) is 9.22. The average Bonchev–Trinajstić information content (AvgIpc) is 3.28. The van der Waals surface area contributed by atoms with E-state index in [-0.39, 0.29) is 58.8 Å². The lowest BCUT2D eigenvalue weighted by Gasteiger charge is -2.27. The first kappa shape index (κ1) is 22.8. The van der Waals surface area contributed by atoms with Crippen LogP contribution in [0.2, 0.25) is 0 Å². The van der Waals surface area contributed by atoms with Gasteiger partial charge in [0.1, 0.15) is 0 Å². The molecule has 0 fully saturated rings. The Bertz CT molecular complexity index is 3010. The highest BCUT2D eigenvalue weighted by atomic mass is 15.1. The summed E-state index contributed by atoms with van der Waals surface area (Å²) in [5.74, 6) is 0. The van der Waals surface area contributed by atoms with Crippen molar-refractivity contribution < 1.29 is 11.0 Å². The van der Waals surface area contributed by atoms with Gasteiger partial charge in [-0.25, -0.2) is 0 Å². The van der Waals surface area contributed by atoms with E-state index >= 15 is 0 Å². The van der Waals surface area contributed by atoms with Crippen molar-refractivity contribution in [3.63, 3.8) is 0 Å². The Balaban J connectivity index is 1.31. The number of fused-ring (bicyclic) bond motifs is 2. The zero-order chi connectivity index (χ0) is 40.9. The van der Waals surface area contributed by atoms with E-state index in [4.69, 9.17) is 0 Å². The van der Waals surface area contributed by atoms with Crippen LogP contribution in [0.4, 0.5) is 17.1 Å². The molecule has 0 amide bonds. The predicted octanol–water partition coefficient (Wildman–Crippen LogP) is 14.1. The Morgan fingerprint density at radius 3 is 1.43 bits per heavy atom. The summed E-state index contributed by atoms with van der Waals surface area (Å²) < 4.78 is 76.5. The molecule has 9 aromatic rings. The van der Waals surface area contributed by atoms with Crippen LogP contribution in [0, 0.1) is 0 Å². The summed E-state index contributed by atoms with van der Waals surface area (Å²) in [6.45, 7) is 0. The smallest absolute Gasteiger partial charge is 0.0645 e. The molecular formula is C50H35N. The molecule has 0 saturated carbocycles. The molecule has 0 unspecified atom stereocenters. The predicted molar refractivity (Wildman–Crippen MR) is 218 cm³/mol. The van der Waals surface area contributed by atoms with Gasteiger partial charge in [0, 0.05) is 16.8 Å². The topological polar surface area (TPSA) is 3.24 Å². The number of nitrogens with zero attached hydrogens (tertiary/aromatic N) is 1. The van der Waals surface area contributed by atoms with Crippen molar-refractivity contribution >= 4 is 38.6 Å². The maximum Gasteiger partial charge on any atom is 0.0645 e. The molecule has 0 heterocycles. The minimum absolute atomic E-state index is 0.112. The highest BCUT2D eigenvalue weighted by Gasteiger charge is 2.17. The zero-order valence-electron chi connectivity index (χ0n) is 35.5. The quantitative estimate of drug-likeness (QED) is 0.165. The third-order valence-corrected chi connectivity index (χ3v) is 9.22. The fourth-order valence-corrected chi connectivity index (χ4v) is 6.72. The molecule has 0 atom stereocenters. The highest BCUT2D eigenvalue weighted by Crippen LogP contribution is 2.42. The molecule has 0 bridgehead atoms. The van der Waals surface area contributed by atoms with Crippen molar-refractivity contribution in [1.82, 2.24) is 0 Å². The van der Waals surface area contributed by atoms with E-state index in [1.165, 1.54) is 4.90 Å². The van der Waals surface area contributed by atoms with Crippen molar-refractivity contribution in [1.29, 1.82) is 0 Å². The van der Waals surface area contributed by atoms with E-state index in [2.05, 4.69) is 0 Å². The van der Waals surface area contributed by atoms with Gasteiger partial charge >= 0.3 is 0 Å². The monoisotopic (exact) mass is 657 g/mol. The number of hydrogen-bond donors (Lipinski definition) is 0. The van der Waals surface area contributed by atoms with E-state index in [0.717, 1.165) is 38.4 Å². The number of benzene rings is 9. The van der Waals surface area contributed by atoms with Gasteiger partial charge in [0.25, 0.3) is 0 Å². The summed E-state index contributed by atoms with van der Waals surface area (Å²) in [7, 11) is 0. The molecule has 0 aliphatic rings. The lowest BCUT2D eigenvalue weighted by Crippen LogP contribution is -2.10. The van der Waals surface area contributed by atoms with Crippen LogP contribution in [0.5, 0.6) is 0 Å². The standard InChI is InChI=1S/C50H35N/c1-3-12-36(13-4-1)37-22-24-38(25-23-37)39-26-31-44(32-27-39)51(49-21-11-18-40-16-7-9-19-46(40)49)45-33-28-43(29-34-45)50-47-20-10-8-17-42(47)30-35-48(50)41-14-5-2-6-15-41/h1-35H/i26D,27D,28D,29D,31D,32D,33D,34D. The normalized spacial score (nSPS) is 13.3. The van der Waals surface area contributed by atoms with Crippen LogP contribution in [0.3, 0.4) is 0 Å². The Kier molecular flexibility index (Phi) is 5.96. The summed E-state index contributed by atoms with van der Waals surface area (Å²) in [6.07, 6.45) is 0. The highest BCUT2D eigenvalue weighted by molar-refractivity contribution is 6.05. The third kappa shape index (κ3) is 5.86. The van der Waals surface area contributed by atoms with Crippen LogP contribution < -0.4 is 4.90 Å². The number of hydrogen-bond acceptors (Lipinski definition) is 1. The van der Waals surface area contributed by atoms with Crippen LogP contribution in [-0.2, 0) is 0 Å². The average molecular weight is 658 g/mol. The molecule has 0 radical (unpaired) electrons. The first-order valence-electron chi connectivity index (χ1n) is 20.9. The van der Waals surface area contributed by atoms with Crippen LogP contribution >= 0.6 is 0 Å². The van der Waals surface area contributed by atoms with Gasteiger partial charge in [-0.15, -0.1) is 0 Å². The van der Waals surface area contributed by atoms with Gasteiger partial charge in [0.15, 0.2) is 0 Å². The van der Waals surface area contributed by atoms with E-state index in [0.29, 0.717) is 22.2 Å². The first-order chi connectivity index (χ1) is 28.7. The van der Waals surface area contributed by atoms with Crippen molar-refractivity contribution in [2.24, 2.45) is 0 Å². The Morgan fingerprint density at radius 1 is 0.314 bits per heavy atom. The maximum absolute atomic E-state index is 9.71. The van der Waals surface area contributed by atoms with Crippen molar-refractivity contribution in [3.8, 4) is 44.5 Å². The van der Waals surface area contributed by atoms with Gasteiger partial charge < -0.3 is 4.90 Å². The van der Waals surface area contributed by atoms with Crippen LogP contribution in [0.25, 0.3) is 66.1 Å². The van der Waals surface area contributed by atoms with Gasteiger partial charge in [-0.2, -0.15) is 0 Å². The van der Waals surface area contributed by atoms with Gasteiger partial charge in [0.2, 0.25) is 0 Å². The Morgan fingerprint density at radius 2 is 0.784 bits per heavy atom. The van der Waals surface area contributed by atoms with Crippen LogP contribution in [-0.4, -0.2) is 0 Å². The van der Waals surface area contributed by atoms with E-state index in [1.54, 1.807) is 24.3 Å². The van der Waals surface area contributed by atoms with Gasteiger partial charge in [-0.3, -0.25) is 0 Å². The maximum atomic E-state index is 9.71. The van der Waals surface area contributed by atoms with Crippen LogP contribution in [0.1, 0.15) is 11.0 Å². The second-order valence-electron chi connectivity index (χ2n) is 12.3. The fraction of sp³-hybridized carbons (Fsp3) is 0. The lowest BCUT2D eigenvalue weighted by atomic mass is 9.89. The molecule has 9 aromatic carbocycles. The molecule has 1 nitrogen and oxygen atoms in total. The number of anilines is 3. The number of rotatable bonds is 7. The second-order valence-corrected chi connectivity index (χ2v) is 12.3. The van der Waals surface area contributed by atoms with Gasteiger partial charge in [-0.1, -0.05) is 182 Å². The fourth-order valence-electron chi connectivity index (χ4n) is 6.72. The van der Waals surface area contributed by atoms with Crippen molar-refractivity contribution in [2.75, 3.05) is 4.90 Å². The van der Waals surface area contributed by atoms with Gasteiger partial charge in [0.05, 0.1) is 16.7 Å². The molecule has 9 rings (SSSR count).